The van der Waals surface area contributed by atoms with E-state index in [0.29, 0.717) is 24.5 Å². The molecule has 0 heterocycles. The SMILES string of the molecule is CCS(=O)(=O)N(C)CCCNC(=NC)NC(C)CCC(C)(C)C. The van der Waals surface area contributed by atoms with Gasteiger partial charge in [-0.3, -0.25) is 4.99 Å². The number of aliphatic imine (C=N–C) groups is 1. The third-order valence-electron chi connectivity index (χ3n) is 3.72. The normalized spacial score (nSPS) is 14.9. The van der Waals surface area contributed by atoms with Crippen molar-refractivity contribution in [3.63, 3.8) is 0 Å². The van der Waals surface area contributed by atoms with Gasteiger partial charge in [-0.25, -0.2) is 12.7 Å². The Morgan fingerprint density at radius 1 is 1.30 bits per heavy atom. The van der Waals surface area contributed by atoms with E-state index < -0.39 is 10.0 Å². The molecule has 1 atom stereocenters. The molecular weight excluding hydrogens is 312 g/mol. The van der Waals surface area contributed by atoms with E-state index in [1.165, 1.54) is 4.31 Å². The number of sulfonamides is 1. The highest BCUT2D eigenvalue weighted by molar-refractivity contribution is 7.89. The van der Waals surface area contributed by atoms with Crippen LogP contribution in [0.2, 0.25) is 0 Å². The molecule has 0 aromatic heterocycles. The van der Waals surface area contributed by atoms with Gasteiger partial charge < -0.3 is 10.6 Å². The summed E-state index contributed by atoms with van der Waals surface area (Å²) in [4.78, 5) is 4.22. The van der Waals surface area contributed by atoms with Gasteiger partial charge in [-0.1, -0.05) is 20.8 Å². The summed E-state index contributed by atoms with van der Waals surface area (Å²) in [6.07, 6.45) is 2.98. The van der Waals surface area contributed by atoms with Crippen molar-refractivity contribution in [3.05, 3.63) is 0 Å². The summed E-state index contributed by atoms with van der Waals surface area (Å²) in [7, 11) is 0.290. The molecule has 0 aromatic rings. The van der Waals surface area contributed by atoms with Crippen molar-refractivity contribution in [2.45, 2.75) is 59.9 Å². The summed E-state index contributed by atoms with van der Waals surface area (Å²) >= 11 is 0. The van der Waals surface area contributed by atoms with Crippen LogP contribution in [0.5, 0.6) is 0 Å². The standard InChI is InChI=1S/C16H36N4O2S/c1-8-23(21,22)20(7)13-9-12-18-15(17-6)19-14(2)10-11-16(3,4)5/h14H,8-13H2,1-7H3,(H2,17,18,19). The molecule has 0 radical (unpaired) electrons. The number of hydrogen-bond donors (Lipinski definition) is 2. The maximum atomic E-state index is 11.7. The zero-order chi connectivity index (χ0) is 18.1. The fraction of sp³-hybridized carbons (Fsp3) is 0.938. The highest BCUT2D eigenvalue weighted by Gasteiger charge is 2.15. The first-order chi connectivity index (χ1) is 10.5. The van der Waals surface area contributed by atoms with Gasteiger partial charge in [0, 0.05) is 33.2 Å². The van der Waals surface area contributed by atoms with Gasteiger partial charge >= 0.3 is 0 Å². The average Bonchev–Trinajstić information content (AvgIpc) is 2.47. The molecule has 0 aromatic carbocycles. The summed E-state index contributed by atoms with van der Waals surface area (Å²) in [6.45, 7) is 11.7. The number of nitrogens with zero attached hydrogens (tertiary/aromatic N) is 2. The highest BCUT2D eigenvalue weighted by atomic mass is 32.2. The molecular formula is C16H36N4O2S. The van der Waals surface area contributed by atoms with Crippen LogP contribution in [0.15, 0.2) is 4.99 Å². The molecule has 0 spiro atoms. The molecule has 0 rings (SSSR count). The molecule has 2 N–H and O–H groups in total. The lowest BCUT2D eigenvalue weighted by atomic mass is 9.89. The quantitative estimate of drug-likeness (QED) is 0.380. The van der Waals surface area contributed by atoms with Crippen molar-refractivity contribution in [2.75, 3.05) is 32.9 Å². The zero-order valence-electron chi connectivity index (χ0n) is 15.9. The van der Waals surface area contributed by atoms with Crippen LogP contribution in [-0.2, 0) is 10.0 Å². The molecule has 0 amide bonds. The fourth-order valence-corrected chi connectivity index (χ4v) is 2.87. The van der Waals surface area contributed by atoms with E-state index in [2.05, 4.69) is 43.3 Å². The summed E-state index contributed by atoms with van der Waals surface area (Å²) < 4.78 is 24.7. The highest BCUT2D eigenvalue weighted by Crippen LogP contribution is 2.21. The Bertz CT molecular complexity index is 455. The first-order valence-corrected chi connectivity index (χ1v) is 10.0. The van der Waals surface area contributed by atoms with E-state index in [1.807, 2.05) is 0 Å². The number of rotatable bonds is 9. The van der Waals surface area contributed by atoms with Crippen molar-refractivity contribution in [1.29, 1.82) is 0 Å². The van der Waals surface area contributed by atoms with Crippen LogP contribution in [0.4, 0.5) is 0 Å². The predicted octanol–water partition coefficient (Wildman–Crippen LogP) is 2.04. The van der Waals surface area contributed by atoms with Crippen LogP contribution in [0, 0.1) is 5.41 Å². The van der Waals surface area contributed by atoms with Gasteiger partial charge in [0.15, 0.2) is 5.96 Å². The van der Waals surface area contributed by atoms with Gasteiger partial charge in [-0.2, -0.15) is 0 Å². The van der Waals surface area contributed by atoms with E-state index in [-0.39, 0.29) is 5.75 Å². The Morgan fingerprint density at radius 3 is 2.39 bits per heavy atom. The first-order valence-electron chi connectivity index (χ1n) is 8.43. The molecule has 0 fully saturated rings. The predicted molar refractivity (Wildman–Crippen MR) is 99.4 cm³/mol. The summed E-state index contributed by atoms with van der Waals surface area (Å²) in [6, 6.07) is 0.351. The van der Waals surface area contributed by atoms with Gasteiger partial charge in [0.2, 0.25) is 10.0 Å². The van der Waals surface area contributed by atoms with Gasteiger partial charge in [-0.05, 0) is 38.5 Å². The van der Waals surface area contributed by atoms with Gasteiger partial charge in [0.1, 0.15) is 0 Å². The van der Waals surface area contributed by atoms with Gasteiger partial charge in [0.05, 0.1) is 5.75 Å². The molecule has 23 heavy (non-hydrogen) atoms. The Balaban J connectivity index is 4.08. The smallest absolute Gasteiger partial charge is 0.213 e. The molecule has 0 saturated heterocycles. The lowest BCUT2D eigenvalue weighted by Gasteiger charge is -2.23. The minimum absolute atomic E-state index is 0.144. The van der Waals surface area contributed by atoms with E-state index in [1.54, 1.807) is 21.0 Å². The van der Waals surface area contributed by atoms with Crippen molar-refractivity contribution in [2.24, 2.45) is 10.4 Å². The molecule has 0 aliphatic rings. The van der Waals surface area contributed by atoms with Crippen LogP contribution < -0.4 is 10.6 Å². The number of guanidine groups is 1. The summed E-state index contributed by atoms with van der Waals surface area (Å²) in [5.41, 5.74) is 0.336. The molecule has 0 saturated carbocycles. The van der Waals surface area contributed by atoms with Gasteiger partial charge in [-0.15, -0.1) is 0 Å². The van der Waals surface area contributed by atoms with E-state index in [9.17, 15) is 8.42 Å². The molecule has 6 nitrogen and oxygen atoms in total. The number of nitrogens with one attached hydrogen (secondary N) is 2. The summed E-state index contributed by atoms with van der Waals surface area (Å²) in [5, 5.41) is 6.62. The van der Waals surface area contributed by atoms with Crippen LogP contribution in [-0.4, -0.2) is 57.7 Å². The topological polar surface area (TPSA) is 73.8 Å². The Labute approximate surface area is 143 Å². The lowest BCUT2D eigenvalue weighted by molar-refractivity contribution is 0.346. The summed E-state index contributed by atoms with van der Waals surface area (Å²) in [5.74, 6) is 0.915. The maximum Gasteiger partial charge on any atom is 0.213 e. The molecule has 138 valence electrons. The average molecular weight is 349 g/mol. The Hall–Kier alpha value is -0.820. The fourth-order valence-electron chi connectivity index (χ4n) is 2.02. The van der Waals surface area contributed by atoms with E-state index in [0.717, 1.165) is 25.2 Å². The molecule has 7 heteroatoms. The minimum atomic E-state index is -3.09. The Morgan fingerprint density at radius 2 is 1.91 bits per heavy atom. The minimum Gasteiger partial charge on any atom is -0.356 e. The van der Waals surface area contributed by atoms with Crippen molar-refractivity contribution in [3.8, 4) is 0 Å². The van der Waals surface area contributed by atoms with Crippen molar-refractivity contribution >= 4 is 16.0 Å². The second-order valence-corrected chi connectivity index (χ2v) is 9.58. The maximum absolute atomic E-state index is 11.7. The zero-order valence-corrected chi connectivity index (χ0v) is 16.8. The monoisotopic (exact) mass is 348 g/mol. The Kier molecular flexibility index (Phi) is 9.77. The van der Waals surface area contributed by atoms with Crippen molar-refractivity contribution < 1.29 is 8.42 Å². The van der Waals surface area contributed by atoms with E-state index in [4.69, 9.17) is 0 Å². The van der Waals surface area contributed by atoms with Crippen LogP contribution >= 0.6 is 0 Å². The number of hydrogen-bond acceptors (Lipinski definition) is 3. The molecule has 0 aliphatic heterocycles. The molecule has 0 aliphatic carbocycles. The molecule has 1 unspecified atom stereocenters. The second-order valence-electron chi connectivity index (χ2n) is 7.22. The van der Waals surface area contributed by atoms with Crippen LogP contribution in [0.1, 0.15) is 53.9 Å². The largest absolute Gasteiger partial charge is 0.356 e. The van der Waals surface area contributed by atoms with Crippen LogP contribution in [0.25, 0.3) is 0 Å². The third-order valence-corrected chi connectivity index (χ3v) is 5.58. The first kappa shape index (κ1) is 22.2. The van der Waals surface area contributed by atoms with Crippen molar-refractivity contribution in [1.82, 2.24) is 14.9 Å². The second kappa shape index (κ2) is 10.1. The van der Waals surface area contributed by atoms with Gasteiger partial charge in [0.25, 0.3) is 0 Å². The molecule has 0 bridgehead atoms. The van der Waals surface area contributed by atoms with Crippen LogP contribution in [0.3, 0.4) is 0 Å². The lowest BCUT2D eigenvalue weighted by Crippen LogP contribution is -2.43. The third kappa shape index (κ3) is 10.5. The van der Waals surface area contributed by atoms with E-state index >= 15 is 0 Å².